The Hall–Kier alpha value is -3.23. The van der Waals surface area contributed by atoms with Crippen molar-refractivity contribution in [3.63, 3.8) is 0 Å². The molecule has 0 saturated heterocycles. The van der Waals surface area contributed by atoms with Crippen molar-refractivity contribution in [3.8, 4) is 0 Å². The molecule has 0 aliphatic rings. The summed E-state index contributed by atoms with van der Waals surface area (Å²) in [5.74, 6) is -0.823. The average molecular weight is 288 g/mol. The number of anilines is 2. The van der Waals surface area contributed by atoms with Crippen molar-refractivity contribution >= 4 is 23.2 Å². The van der Waals surface area contributed by atoms with Gasteiger partial charge in [-0.3, -0.25) is 25.8 Å². The lowest BCUT2D eigenvalue weighted by atomic mass is 10.1. The van der Waals surface area contributed by atoms with Crippen LogP contribution >= 0.6 is 0 Å². The molecule has 21 heavy (non-hydrogen) atoms. The van der Waals surface area contributed by atoms with E-state index in [-0.39, 0.29) is 24.0 Å². The molecule has 4 N–H and O–H groups in total. The van der Waals surface area contributed by atoms with Crippen molar-refractivity contribution in [2.75, 3.05) is 11.2 Å². The zero-order valence-corrected chi connectivity index (χ0v) is 10.8. The number of nitrogens with two attached hydrogens (primary N) is 1. The molecule has 1 heterocycles. The lowest BCUT2D eigenvalue weighted by molar-refractivity contribution is -0.383. The van der Waals surface area contributed by atoms with Crippen LogP contribution in [0.4, 0.5) is 17.3 Å². The van der Waals surface area contributed by atoms with E-state index in [1.165, 1.54) is 0 Å². The number of nitro groups is 1. The van der Waals surface area contributed by atoms with E-state index in [2.05, 4.69) is 20.8 Å². The molecule has 0 radical (unpaired) electrons. The zero-order chi connectivity index (χ0) is 15.2. The molecule has 0 bridgehead atoms. The number of hydrogen-bond donors (Lipinski definition) is 3. The van der Waals surface area contributed by atoms with Gasteiger partial charge in [0.1, 0.15) is 6.33 Å². The normalized spacial score (nSPS) is 9.90. The summed E-state index contributed by atoms with van der Waals surface area (Å²) in [7, 11) is 0. The molecule has 0 aliphatic heterocycles. The lowest BCUT2D eigenvalue weighted by Gasteiger charge is -2.08. The molecule has 0 atom stereocenters. The van der Waals surface area contributed by atoms with Gasteiger partial charge in [-0.1, -0.05) is 30.3 Å². The highest BCUT2D eigenvalue weighted by atomic mass is 16.6. The van der Waals surface area contributed by atoms with Crippen molar-refractivity contribution in [3.05, 3.63) is 52.3 Å². The minimum Gasteiger partial charge on any atom is -0.378 e. The Morgan fingerprint density at radius 3 is 2.67 bits per heavy atom. The van der Waals surface area contributed by atoms with Crippen molar-refractivity contribution in [1.29, 1.82) is 0 Å². The first-order valence-electron chi connectivity index (χ1n) is 5.91. The van der Waals surface area contributed by atoms with E-state index in [1.54, 1.807) is 12.1 Å². The summed E-state index contributed by atoms with van der Waals surface area (Å²) in [5, 5.41) is 10.9. The van der Waals surface area contributed by atoms with E-state index in [9.17, 15) is 14.9 Å². The molecule has 0 spiro atoms. The highest BCUT2D eigenvalue weighted by molar-refractivity contribution is 5.80. The van der Waals surface area contributed by atoms with Crippen LogP contribution in [0.15, 0.2) is 36.7 Å². The monoisotopic (exact) mass is 288 g/mol. The fourth-order valence-corrected chi connectivity index (χ4v) is 1.62. The maximum atomic E-state index is 11.7. The fourth-order valence-electron chi connectivity index (χ4n) is 1.62. The van der Waals surface area contributed by atoms with E-state index in [0.717, 1.165) is 11.9 Å². The summed E-state index contributed by atoms with van der Waals surface area (Å²) in [5.41, 5.74) is 10.4. The van der Waals surface area contributed by atoms with E-state index in [0.29, 0.717) is 0 Å². The van der Waals surface area contributed by atoms with Gasteiger partial charge in [-0.15, -0.1) is 0 Å². The topological polar surface area (TPSA) is 136 Å². The molecule has 9 heteroatoms. The molecule has 0 fully saturated rings. The van der Waals surface area contributed by atoms with Crippen LogP contribution in [-0.4, -0.2) is 20.8 Å². The molecular formula is C12H12N6O3. The lowest BCUT2D eigenvalue weighted by Crippen LogP contribution is -2.31. The molecule has 0 unspecified atom stereocenters. The summed E-state index contributed by atoms with van der Waals surface area (Å²) in [4.78, 5) is 29.1. The quantitative estimate of drug-likeness (QED) is 0.542. The number of hydrazine groups is 1. The number of rotatable bonds is 5. The molecule has 9 nitrogen and oxygen atoms in total. The van der Waals surface area contributed by atoms with Gasteiger partial charge in [-0.2, -0.15) is 0 Å². The first-order chi connectivity index (χ1) is 10.1. The summed E-state index contributed by atoms with van der Waals surface area (Å²) in [6.45, 7) is 0. The molecule has 108 valence electrons. The highest BCUT2D eigenvalue weighted by Gasteiger charge is 2.21. The summed E-state index contributed by atoms with van der Waals surface area (Å²) >= 11 is 0. The Morgan fingerprint density at radius 1 is 1.29 bits per heavy atom. The third-order valence-corrected chi connectivity index (χ3v) is 2.56. The van der Waals surface area contributed by atoms with Crippen LogP contribution in [-0.2, 0) is 11.2 Å². The average Bonchev–Trinajstić information content (AvgIpc) is 2.45. The van der Waals surface area contributed by atoms with Gasteiger partial charge in [0.25, 0.3) is 0 Å². The minimum absolute atomic E-state index is 0.127. The van der Waals surface area contributed by atoms with Gasteiger partial charge in [-0.25, -0.2) is 9.97 Å². The van der Waals surface area contributed by atoms with Gasteiger partial charge in [0.05, 0.1) is 11.3 Å². The molecule has 1 aromatic heterocycles. The second kappa shape index (κ2) is 6.28. The minimum atomic E-state index is -0.721. The Balaban J connectivity index is 2.02. The van der Waals surface area contributed by atoms with Gasteiger partial charge >= 0.3 is 5.69 Å². The maximum Gasteiger partial charge on any atom is 0.354 e. The smallest absolute Gasteiger partial charge is 0.354 e. The highest BCUT2D eigenvalue weighted by Crippen LogP contribution is 2.25. The molecule has 0 saturated carbocycles. The number of aromatic nitrogens is 2. The van der Waals surface area contributed by atoms with Crippen molar-refractivity contribution < 1.29 is 9.72 Å². The van der Waals surface area contributed by atoms with Crippen LogP contribution in [0.3, 0.4) is 0 Å². The van der Waals surface area contributed by atoms with Crippen molar-refractivity contribution in [2.24, 2.45) is 0 Å². The molecular weight excluding hydrogens is 276 g/mol. The van der Waals surface area contributed by atoms with E-state index in [1.807, 2.05) is 18.2 Å². The second-order valence-corrected chi connectivity index (χ2v) is 4.05. The van der Waals surface area contributed by atoms with Gasteiger partial charge < -0.3 is 5.73 Å². The third kappa shape index (κ3) is 3.62. The molecule has 0 aliphatic carbocycles. The molecule has 1 aromatic carbocycles. The second-order valence-electron chi connectivity index (χ2n) is 4.05. The van der Waals surface area contributed by atoms with Crippen molar-refractivity contribution in [2.45, 2.75) is 6.42 Å². The van der Waals surface area contributed by atoms with Crippen molar-refractivity contribution in [1.82, 2.24) is 15.4 Å². The summed E-state index contributed by atoms with van der Waals surface area (Å²) in [6.07, 6.45) is 1.19. The summed E-state index contributed by atoms with van der Waals surface area (Å²) < 4.78 is 0. The van der Waals surface area contributed by atoms with Gasteiger partial charge in [0.2, 0.25) is 17.5 Å². The first-order valence-corrected chi connectivity index (χ1v) is 5.91. The number of carbonyl (C=O) groups is 1. The number of amides is 1. The number of nitrogen functional groups attached to an aromatic ring is 1. The van der Waals surface area contributed by atoms with Crippen LogP contribution in [0.1, 0.15) is 5.56 Å². The van der Waals surface area contributed by atoms with Gasteiger partial charge in [0, 0.05) is 0 Å². The number of nitrogens with zero attached hydrogens (tertiary/aromatic N) is 3. The van der Waals surface area contributed by atoms with E-state index < -0.39 is 10.6 Å². The third-order valence-electron chi connectivity index (χ3n) is 2.56. The maximum absolute atomic E-state index is 11.7. The Bertz CT molecular complexity index is 661. The molecule has 2 aromatic rings. The van der Waals surface area contributed by atoms with Crippen LogP contribution in [0.5, 0.6) is 0 Å². The van der Waals surface area contributed by atoms with Gasteiger partial charge in [0.15, 0.2) is 0 Å². The first kappa shape index (κ1) is 14.2. The Morgan fingerprint density at radius 2 is 2.00 bits per heavy atom. The predicted octanol–water partition coefficient (Wildman–Crippen LogP) is 0.653. The standard InChI is InChI=1S/C12H12N6O3/c13-11-10(18(20)21)12(15-7-14-11)17-16-9(19)6-8-4-2-1-3-5-8/h1-5,7H,6H2,(H,16,19)(H3,13,14,15,17). The number of benzene rings is 1. The van der Waals surface area contributed by atoms with Crippen LogP contribution in [0.25, 0.3) is 0 Å². The number of hydrogen-bond acceptors (Lipinski definition) is 7. The van der Waals surface area contributed by atoms with Crippen LogP contribution in [0.2, 0.25) is 0 Å². The molecule has 2 rings (SSSR count). The fraction of sp³-hybridized carbons (Fsp3) is 0.0833. The number of carbonyl (C=O) groups excluding carboxylic acids is 1. The Kier molecular flexibility index (Phi) is 4.24. The zero-order valence-electron chi connectivity index (χ0n) is 10.8. The predicted molar refractivity (Wildman–Crippen MR) is 75.0 cm³/mol. The van der Waals surface area contributed by atoms with Gasteiger partial charge in [-0.05, 0) is 5.56 Å². The molecule has 1 amide bonds. The van der Waals surface area contributed by atoms with Crippen LogP contribution in [0, 0.1) is 10.1 Å². The largest absolute Gasteiger partial charge is 0.378 e. The SMILES string of the molecule is Nc1ncnc(NNC(=O)Cc2ccccc2)c1[N+](=O)[O-]. The van der Waals surface area contributed by atoms with E-state index in [4.69, 9.17) is 5.73 Å². The Labute approximate surface area is 119 Å². The van der Waals surface area contributed by atoms with Crippen LogP contribution < -0.4 is 16.6 Å². The number of nitrogens with one attached hydrogen (secondary N) is 2. The van der Waals surface area contributed by atoms with E-state index >= 15 is 0 Å². The summed E-state index contributed by atoms with van der Waals surface area (Å²) in [6, 6.07) is 9.06.